The number of ether oxygens (including phenoxy) is 1. The molecule has 0 amide bonds. The van der Waals surface area contributed by atoms with Gasteiger partial charge in [-0.1, -0.05) is 18.1 Å². The number of carbonyl (C=O) groups excluding carboxylic acids is 1. The first-order chi connectivity index (χ1) is 13.7. The van der Waals surface area contributed by atoms with Crippen LogP contribution in [0.3, 0.4) is 0 Å². The van der Waals surface area contributed by atoms with Gasteiger partial charge in [-0.3, -0.25) is 9.59 Å². The Morgan fingerprint density at radius 2 is 1.86 bits per heavy atom. The number of allylic oxidation sites excluding steroid dienone is 1. The summed E-state index contributed by atoms with van der Waals surface area (Å²) >= 11 is 0. The summed E-state index contributed by atoms with van der Waals surface area (Å²) in [5, 5.41) is 17.4. The lowest BCUT2D eigenvalue weighted by Gasteiger charge is -2.53. The maximum absolute atomic E-state index is 14.0. The molecule has 2 fully saturated rings. The number of aliphatic hydroxyl groups excluding tert-OH is 1. The first-order valence-electron chi connectivity index (χ1n) is 11.0. The Balaban J connectivity index is 0.000000552. The van der Waals surface area contributed by atoms with Crippen LogP contribution in [0, 0.1) is 29.1 Å². The van der Waals surface area contributed by atoms with Crippen molar-refractivity contribution in [2.24, 2.45) is 29.1 Å². The van der Waals surface area contributed by atoms with Crippen LogP contribution in [-0.2, 0) is 14.3 Å². The van der Waals surface area contributed by atoms with Crippen LogP contribution in [0.2, 0.25) is 0 Å². The highest BCUT2D eigenvalue weighted by Crippen LogP contribution is 2.62. The first kappa shape index (κ1) is 22.3. The van der Waals surface area contributed by atoms with Crippen molar-refractivity contribution < 1.29 is 28.9 Å². The van der Waals surface area contributed by atoms with Crippen LogP contribution in [0.1, 0.15) is 72.1 Å². The van der Waals surface area contributed by atoms with Gasteiger partial charge < -0.3 is 14.9 Å². The smallest absolute Gasteiger partial charge is 0.302 e. The van der Waals surface area contributed by atoms with Crippen LogP contribution < -0.4 is 0 Å². The van der Waals surface area contributed by atoms with Gasteiger partial charge in [0.1, 0.15) is 12.3 Å². The summed E-state index contributed by atoms with van der Waals surface area (Å²) < 4.78 is 19.7. The Kier molecular flexibility index (Phi) is 6.71. The molecule has 4 rings (SSSR count). The standard InChI is InChI=1S/C21H31FO3.C2H4O2/c1-12(24)25-20-6-5-19-18-9-13(11-23)17-10-14(22)3-4-15(17)16(18)7-8-21(19,20)2;1-2(3)4/h13-14,16,18-20,23H,3-11H2,1-2H3;1H3,(H,3,4). The predicted octanol–water partition coefficient (Wildman–Crippen LogP) is 4.28. The molecule has 29 heavy (non-hydrogen) atoms. The maximum atomic E-state index is 14.0. The Labute approximate surface area is 172 Å². The van der Waals surface area contributed by atoms with Crippen molar-refractivity contribution in [2.45, 2.75) is 84.4 Å². The van der Waals surface area contributed by atoms with Crippen LogP contribution in [0.5, 0.6) is 0 Å². The number of aliphatic hydroxyl groups is 1. The van der Waals surface area contributed by atoms with Crippen molar-refractivity contribution in [3.05, 3.63) is 11.1 Å². The Bertz CT molecular complexity index is 670. The highest BCUT2D eigenvalue weighted by atomic mass is 19.1. The second-order valence-electron chi connectivity index (χ2n) is 9.62. The van der Waals surface area contributed by atoms with E-state index in [4.69, 9.17) is 14.6 Å². The van der Waals surface area contributed by atoms with Gasteiger partial charge in [0.2, 0.25) is 0 Å². The largest absolute Gasteiger partial charge is 0.481 e. The SMILES string of the molecule is CC(=O)O.CC(=O)OC1CCC2C3CC(CO)C4=C(CCC(F)C4)C3CCC12C. The second kappa shape index (κ2) is 8.75. The molecule has 0 aromatic rings. The van der Waals surface area contributed by atoms with E-state index >= 15 is 0 Å². The fraction of sp³-hybridized carbons (Fsp3) is 0.826. The average Bonchev–Trinajstić information content (AvgIpc) is 2.96. The highest BCUT2D eigenvalue weighted by molar-refractivity contribution is 5.66. The Morgan fingerprint density at radius 3 is 2.48 bits per heavy atom. The van der Waals surface area contributed by atoms with Gasteiger partial charge in [0.15, 0.2) is 0 Å². The number of alkyl halides is 1. The number of halogens is 1. The molecule has 0 heterocycles. The lowest BCUT2D eigenvalue weighted by Crippen LogP contribution is -2.48. The molecule has 0 aromatic heterocycles. The topological polar surface area (TPSA) is 83.8 Å². The molecule has 2 N–H and O–H groups in total. The van der Waals surface area contributed by atoms with Gasteiger partial charge in [-0.05, 0) is 62.7 Å². The van der Waals surface area contributed by atoms with Crippen molar-refractivity contribution in [3.63, 3.8) is 0 Å². The molecule has 6 heteroatoms. The summed E-state index contributed by atoms with van der Waals surface area (Å²) in [4.78, 5) is 20.5. The fourth-order valence-corrected chi connectivity index (χ4v) is 6.85. The van der Waals surface area contributed by atoms with Gasteiger partial charge in [0.05, 0.1) is 0 Å². The van der Waals surface area contributed by atoms with E-state index in [0.29, 0.717) is 30.6 Å². The number of carbonyl (C=O) groups is 2. The van der Waals surface area contributed by atoms with E-state index in [1.165, 1.54) is 18.1 Å². The van der Waals surface area contributed by atoms with Gasteiger partial charge in [0, 0.05) is 38.2 Å². The molecule has 164 valence electrons. The van der Waals surface area contributed by atoms with Gasteiger partial charge in [-0.2, -0.15) is 0 Å². The average molecular weight is 411 g/mol. The fourth-order valence-electron chi connectivity index (χ4n) is 6.85. The monoisotopic (exact) mass is 410 g/mol. The Morgan fingerprint density at radius 1 is 1.17 bits per heavy atom. The van der Waals surface area contributed by atoms with E-state index < -0.39 is 12.1 Å². The van der Waals surface area contributed by atoms with E-state index in [9.17, 15) is 14.3 Å². The van der Waals surface area contributed by atoms with Crippen molar-refractivity contribution >= 4 is 11.9 Å². The Hall–Kier alpha value is -1.43. The number of hydrogen-bond donors (Lipinski definition) is 2. The van der Waals surface area contributed by atoms with Crippen LogP contribution in [0.25, 0.3) is 0 Å². The second-order valence-corrected chi connectivity index (χ2v) is 9.62. The molecule has 7 unspecified atom stereocenters. The van der Waals surface area contributed by atoms with Crippen LogP contribution in [0.15, 0.2) is 11.1 Å². The predicted molar refractivity (Wildman–Crippen MR) is 107 cm³/mol. The lowest BCUT2D eigenvalue weighted by molar-refractivity contribution is -0.155. The first-order valence-corrected chi connectivity index (χ1v) is 11.0. The van der Waals surface area contributed by atoms with Crippen molar-refractivity contribution in [2.75, 3.05) is 6.61 Å². The van der Waals surface area contributed by atoms with E-state index in [2.05, 4.69) is 6.92 Å². The third-order valence-corrected chi connectivity index (χ3v) is 7.96. The molecular weight excluding hydrogens is 375 g/mol. The van der Waals surface area contributed by atoms with Gasteiger partial charge >= 0.3 is 5.97 Å². The molecule has 7 atom stereocenters. The molecule has 0 saturated heterocycles. The molecule has 4 aliphatic carbocycles. The van der Waals surface area contributed by atoms with Crippen molar-refractivity contribution in [1.82, 2.24) is 0 Å². The van der Waals surface area contributed by atoms with Crippen LogP contribution in [-0.4, -0.2) is 41.0 Å². The van der Waals surface area contributed by atoms with Gasteiger partial charge in [0.25, 0.3) is 5.97 Å². The van der Waals surface area contributed by atoms with Gasteiger partial charge in [-0.25, -0.2) is 4.39 Å². The van der Waals surface area contributed by atoms with Crippen molar-refractivity contribution in [1.29, 1.82) is 0 Å². The van der Waals surface area contributed by atoms with E-state index in [1.54, 1.807) is 0 Å². The molecule has 5 nitrogen and oxygen atoms in total. The number of carboxylic acids is 1. The van der Waals surface area contributed by atoms with E-state index in [-0.39, 0.29) is 30.0 Å². The molecule has 2 saturated carbocycles. The summed E-state index contributed by atoms with van der Waals surface area (Å²) in [5.74, 6) is 0.828. The minimum absolute atomic E-state index is 0.0421. The third kappa shape index (κ3) is 4.37. The minimum atomic E-state index is -0.833. The zero-order valence-corrected chi connectivity index (χ0v) is 17.8. The molecule has 0 bridgehead atoms. The number of hydrogen-bond acceptors (Lipinski definition) is 4. The van der Waals surface area contributed by atoms with E-state index in [0.717, 1.165) is 45.4 Å². The van der Waals surface area contributed by atoms with Crippen LogP contribution in [0.4, 0.5) is 4.39 Å². The summed E-state index contributed by atoms with van der Waals surface area (Å²) in [6.45, 7) is 5.05. The maximum Gasteiger partial charge on any atom is 0.302 e. The summed E-state index contributed by atoms with van der Waals surface area (Å²) in [7, 11) is 0. The summed E-state index contributed by atoms with van der Waals surface area (Å²) in [6.07, 6.45) is 6.68. The molecule has 0 aliphatic heterocycles. The zero-order chi connectivity index (χ0) is 21.3. The minimum Gasteiger partial charge on any atom is -0.481 e. The molecule has 0 spiro atoms. The molecule has 0 radical (unpaired) electrons. The lowest BCUT2D eigenvalue weighted by atomic mass is 9.52. The highest BCUT2D eigenvalue weighted by Gasteiger charge is 2.57. The molecule has 4 aliphatic rings. The zero-order valence-electron chi connectivity index (χ0n) is 17.8. The van der Waals surface area contributed by atoms with Crippen LogP contribution >= 0.6 is 0 Å². The summed E-state index contributed by atoms with van der Waals surface area (Å²) in [6, 6.07) is 0. The normalized spacial score (nSPS) is 40.7. The number of esters is 1. The van der Waals surface area contributed by atoms with Crippen molar-refractivity contribution in [3.8, 4) is 0 Å². The van der Waals surface area contributed by atoms with Gasteiger partial charge in [-0.15, -0.1) is 0 Å². The molecule has 0 aromatic carbocycles. The number of aliphatic carboxylic acids is 1. The number of fused-ring (bicyclic) bond motifs is 4. The number of rotatable bonds is 2. The molecular formula is C23H35FO5. The summed E-state index contributed by atoms with van der Waals surface area (Å²) in [5.41, 5.74) is 2.81. The van der Waals surface area contributed by atoms with E-state index in [1.807, 2.05) is 0 Å². The number of carboxylic acid groups (broad SMARTS) is 1. The third-order valence-electron chi connectivity index (χ3n) is 7.96. The quantitative estimate of drug-likeness (QED) is 0.524.